The standard InChI is InChI=1S/C18H24ClNO4/c1-3-15(11(2)21)20-16(12-4-7-14(19)8-5-12)9-6-13(18(20)24)10-17(22)23/h4-5,7-8,11,13,15-16,21H,3,6,9-10H2,1-2H3,(H,22,23). The fourth-order valence-corrected chi connectivity index (χ4v) is 3.69. The third kappa shape index (κ3) is 4.08. The van der Waals surface area contributed by atoms with Gasteiger partial charge < -0.3 is 15.1 Å². The lowest BCUT2D eigenvalue weighted by atomic mass is 9.84. The fraction of sp³-hybridized carbons (Fsp3) is 0.556. The Morgan fingerprint density at radius 2 is 1.96 bits per heavy atom. The first-order chi connectivity index (χ1) is 11.3. The minimum Gasteiger partial charge on any atom is -0.481 e. The third-order valence-electron chi connectivity index (χ3n) is 4.74. The lowest BCUT2D eigenvalue weighted by molar-refractivity contribution is -0.153. The number of likely N-dealkylation sites (tertiary alicyclic amines) is 1. The zero-order chi connectivity index (χ0) is 17.9. The number of aliphatic hydroxyl groups excluding tert-OH is 1. The molecule has 1 aromatic rings. The molecule has 1 heterocycles. The molecule has 24 heavy (non-hydrogen) atoms. The van der Waals surface area contributed by atoms with Crippen LogP contribution in [0.3, 0.4) is 0 Å². The van der Waals surface area contributed by atoms with E-state index in [4.69, 9.17) is 16.7 Å². The van der Waals surface area contributed by atoms with Crippen molar-refractivity contribution >= 4 is 23.5 Å². The molecule has 0 radical (unpaired) electrons. The molecule has 4 atom stereocenters. The van der Waals surface area contributed by atoms with Gasteiger partial charge in [-0.1, -0.05) is 30.7 Å². The zero-order valence-corrected chi connectivity index (χ0v) is 14.7. The van der Waals surface area contributed by atoms with Crippen LogP contribution in [0, 0.1) is 5.92 Å². The van der Waals surface area contributed by atoms with E-state index in [1.54, 1.807) is 24.0 Å². The monoisotopic (exact) mass is 353 g/mol. The van der Waals surface area contributed by atoms with Crippen LogP contribution < -0.4 is 0 Å². The van der Waals surface area contributed by atoms with Crippen LogP contribution >= 0.6 is 11.6 Å². The summed E-state index contributed by atoms with van der Waals surface area (Å²) in [6.07, 6.45) is 0.962. The Balaban J connectivity index is 2.36. The van der Waals surface area contributed by atoms with E-state index in [1.807, 2.05) is 19.1 Å². The quantitative estimate of drug-likeness (QED) is 0.822. The van der Waals surface area contributed by atoms with Gasteiger partial charge in [0.25, 0.3) is 0 Å². The molecule has 5 nitrogen and oxygen atoms in total. The van der Waals surface area contributed by atoms with Gasteiger partial charge in [0.1, 0.15) is 0 Å². The Morgan fingerprint density at radius 1 is 1.33 bits per heavy atom. The Kier molecular flexibility index (Phi) is 6.24. The topological polar surface area (TPSA) is 77.8 Å². The number of benzene rings is 1. The highest BCUT2D eigenvalue weighted by Crippen LogP contribution is 2.38. The Hall–Kier alpha value is -1.59. The van der Waals surface area contributed by atoms with E-state index in [0.29, 0.717) is 24.3 Å². The van der Waals surface area contributed by atoms with Crippen molar-refractivity contribution in [2.24, 2.45) is 5.92 Å². The van der Waals surface area contributed by atoms with Crippen molar-refractivity contribution in [2.45, 2.75) is 57.7 Å². The van der Waals surface area contributed by atoms with Crippen molar-refractivity contribution in [1.82, 2.24) is 4.90 Å². The second kappa shape index (κ2) is 7.99. The van der Waals surface area contributed by atoms with Gasteiger partial charge in [0, 0.05) is 10.9 Å². The van der Waals surface area contributed by atoms with Gasteiger partial charge in [-0.15, -0.1) is 0 Å². The Bertz CT molecular complexity index is 587. The molecular formula is C18H24ClNO4. The van der Waals surface area contributed by atoms with E-state index < -0.39 is 18.0 Å². The molecule has 0 saturated carbocycles. The van der Waals surface area contributed by atoms with Gasteiger partial charge in [-0.3, -0.25) is 9.59 Å². The van der Waals surface area contributed by atoms with Gasteiger partial charge >= 0.3 is 5.97 Å². The van der Waals surface area contributed by atoms with Crippen LogP contribution in [0.15, 0.2) is 24.3 Å². The number of nitrogens with zero attached hydrogens (tertiary/aromatic N) is 1. The molecule has 0 aromatic heterocycles. The second-order valence-electron chi connectivity index (χ2n) is 6.40. The predicted molar refractivity (Wildman–Crippen MR) is 91.8 cm³/mol. The number of hydrogen-bond acceptors (Lipinski definition) is 3. The lowest BCUT2D eigenvalue weighted by Crippen LogP contribution is -2.52. The smallest absolute Gasteiger partial charge is 0.304 e. The van der Waals surface area contributed by atoms with Crippen LogP contribution in [0.2, 0.25) is 5.02 Å². The summed E-state index contributed by atoms with van der Waals surface area (Å²) in [5.74, 6) is -1.68. The minimum absolute atomic E-state index is 0.167. The predicted octanol–water partition coefficient (Wildman–Crippen LogP) is 3.25. The average molecular weight is 354 g/mol. The first kappa shape index (κ1) is 18.7. The molecule has 0 bridgehead atoms. The molecule has 1 fully saturated rings. The molecule has 1 aliphatic rings. The molecule has 0 spiro atoms. The molecule has 6 heteroatoms. The van der Waals surface area contributed by atoms with Gasteiger partial charge in [-0.05, 0) is 43.9 Å². The highest BCUT2D eigenvalue weighted by atomic mass is 35.5. The molecule has 1 amide bonds. The molecule has 1 aliphatic heterocycles. The molecule has 1 aromatic carbocycles. The Labute approximate surface area is 147 Å². The summed E-state index contributed by atoms with van der Waals surface area (Å²) in [5.41, 5.74) is 0.959. The molecule has 0 aliphatic carbocycles. The third-order valence-corrected chi connectivity index (χ3v) is 4.99. The zero-order valence-electron chi connectivity index (χ0n) is 14.0. The van der Waals surface area contributed by atoms with E-state index >= 15 is 0 Å². The summed E-state index contributed by atoms with van der Waals surface area (Å²) in [5, 5.41) is 19.8. The highest BCUT2D eigenvalue weighted by molar-refractivity contribution is 6.30. The van der Waals surface area contributed by atoms with Crippen molar-refractivity contribution in [3.05, 3.63) is 34.9 Å². The van der Waals surface area contributed by atoms with Gasteiger partial charge in [-0.2, -0.15) is 0 Å². The number of halogens is 1. The number of aliphatic hydroxyl groups is 1. The van der Waals surface area contributed by atoms with Crippen LogP contribution in [0.5, 0.6) is 0 Å². The summed E-state index contributed by atoms with van der Waals surface area (Å²) in [6, 6.07) is 6.84. The molecule has 2 N–H and O–H groups in total. The number of piperidine rings is 1. The first-order valence-corrected chi connectivity index (χ1v) is 8.70. The Morgan fingerprint density at radius 3 is 2.46 bits per heavy atom. The van der Waals surface area contributed by atoms with Gasteiger partial charge in [-0.25, -0.2) is 0 Å². The van der Waals surface area contributed by atoms with E-state index in [1.165, 1.54) is 0 Å². The number of aliphatic carboxylic acids is 1. The van der Waals surface area contributed by atoms with Crippen molar-refractivity contribution in [3.63, 3.8) is 0 Å². The molecule has 132 valence electrons. The van der Waals surface area contributed by atoms with E-state index in [0.717, 1.165) is 5.56 Å². The number of carboxylic acid groups (broad SMARTS) is 1. The summed E-state index contributed by atoms with van der Waals surface area (Å²) >= 11 is 5.95. The van der Waals surface area contributed by atoms with E-state index in [2.05, 4.69) is 0 Å². The van der Waals surface area contributed by atoms with Gasteiger partial charge in [0.05, 0.1) is 24.6 Å². The normalized spacial score (nSPS) is 23.8. The van der Waals surface area contributed by atoms with Crippen molar-refractivity contribution in [3.8, 4) is 0 Å². The van der Waals surface area contributed by atoms with Crippen molar-refractivity contribution in [1.29, 1.82) is 0 Å². The van der Waals surface area contributed by atoms with Gasteiger partial charge in [0.2, 0.25) is 5.91 Å². The maximum Gasteiger partial charge on any atom is 0.304 e. The number of carbonyl (C=O) groups excluding carboxylic acids is 1. The maximum absolute atomic E-state index is 12.9. The molecular weight excluding hydrogens is 330 g/mol. The maximum atomic E-state index is 12.9. The van der Waals surface area contributed by atoms with E-state index in [9.17, 15) is 14.7 Å². The van der Waals surface area contributed by atoms with Crippen LogP contribution in [-0.4, -0.2) is 39.1 Å². The number of hydrogen-bond donors (Lipinski definition) is 2. The highest BCUT2D eigenvalue weighted by Gasteiger charge is 2.41. The summed E-state index contributed by atoms with van der Waals surface area (Å²) < 4.78 is 0. The van der Waals surface area contributed by atoms with Crippen LogP contribution in [0.1, 0.15) is 51.1 Å². The average Bonchev–Trinajstić information content (AvgIpc) is 2.52. The van der Waals surface area contributed by atoms with Crippen molar-refractivity contribution < 1.29 is 19.8 Å². The molecule has 1 saturated heterocycles. The van der Waals surface area contributed by atoms with E-state index in [-0.39, 0.29) is 24.4 Å². The molecule has 2 rings (SSSR count). The summed E-state index contributed by atoms with van der Waals surface area (Å²) in [7, 11) is 0. The SMILES string of the molecule is CCC(C(C)O)N1C(=O)C(CC(=O)O)CCC1c1ccc(Cl)cc1. The number of amides is 1. The second-order valence-corrected chi connectivity index (χ2v) is 6.84. The fourth-order valence-electron chi connectivity index (χ4n) is 3.56. The largest absolute Gasteiger partial charge is 0.481 e. The number of carbonyl (C=O) groups is 2. The summed E-state index contributed by atoms with van der Waals surface area (Å²) in [6.45, 7) is 3.59. The van der Waals surface area contributed by atoms with Crippen LogP contribution in [0.25, 0.3) is 0 Å². The summed E-state index contributed by atoms with van der Waals surface area (Å²) in [4.78, 5) is 25.7. The lowest BCUT2D eigenvalue weighted by Gasteiger charge is -2.45. The minimum atomic E-state index is -0.969. The molecule has 4 unspecified atom stereocenters. The van der Waals surface area contributed by atoms with Gasteiger partial charge in [0.15, 0.2) is 0 Å². The number of carboxylic acids is 1. The number of rotatable bonds is 6. The van der Waals surface area contributed by atoms with Crippen molar-refractivity contribution in [2.75, 3.05) is 0 Å². The van der Waals surface area contributed by atoms with Crippen LogP contribution in [-0.2, 0) is 9.59 Å². The first-order valence-electron chi connectivity index (χ1n) is 8.32. The van der Waals surface area contributed by atoms with Crippen LogP contribution in [0.4, 0.5) is 0 Å².